The van der Waals surface area contributed by atoms with Crippen molar-refractivity contribution in [3.63, 3.8) is 0 Å². The lowest BCUT2D eigenvalue weighted by Gasteiger charge is -2.37. The Morgan fingerprint density at radius 3 is 2.31 bits per heavy atom. The summed E-state index contributed by atoms with van der Waals surface area (Å²) >= 11 is 0. The minimum absolute atomic E-state index is 0.0450. The Hall–Kier alpha value is -3.02. The molecule has 0 spiro atoms. The molecule has 2 unspecified atom stereocenters. The number of amides is 1. The van der Waals surface area contributed by atoms with Crippen LogP contribution in [0.1, 0.15) is 35.7 Å². The number of likely N-dealkylation sites (tertiary alicyclic amines) is 1. The van der Waals surface area contributed by atoms with Crippen LogP contribution in [0.15, 0.2) is 48.5 Å². The first-order chi connectivity index (χ1) is 14.0. The van der Waals surface area contributed by atoms with Gasteiger partial charge < -0.3 is 19.5 Å². The van der Waals surface area contributed by atoms with E-state index < -0.39 is 12.1 Å². The molecule has 152 valence electrons. The minimum Gasteiger partial charge on any atom is -0.482 e. The molecule has 1 fully saturated rings. The summed E-state index contributed by atoms with van der Waals surface area (Å²) in [6.45, 7) is 3.15. The van der Waals surface area contributed by atoms with Crippen molar-refractivity contribution < 1.29 is 24.2 Å². The van der Waals surface area contributed by atoms with Gasteiger partial charge in [0.15, 0.2) is 11.5 Å². The SMILES string of the molecule is CC1Oc2ccccc2OC1C(=O)N1CCC(Cc2ccccc2C(=O)O)CC1. The molecule has 2 heterocycles. The van der Waals surface area contributed by atoms with E-state index in [1.165, 1.54) is 0 Å². The molecule has 1 N–H and O–H groups in total. The van der Waals surface area contributed by atoms with Crippen LogP contribution in [0.3, 0.4) is 0 Å². The fraction of sp³-hybridized carbons (Fsp3) is 0.391. The average Bonchev–Trinajstić information content (AvgIpc) is 2.73. The Morgan fingerprint density at radius 2 is 1.62 bits per heavy atom. The normalized spacial score (nSPS) is 21.6. The molecule has 2 aromatic rings. The van der Waals surface area contributed by atoms with Gasteiger partial charge in [0.05, 0.1) is 5.56 Å². The summed E-state index contributed by atoms with van der Waals surface area (Å²) in [6, 6.07) is 14.5. The summed E-state index contributed by atoms with van der Waals surface area (Å²) in [7, 11) is 0. The Morgan fingerprint density at radius 1 is 1.00 bits per heavy atom. The number of hydrogen-bond donors (Lipinski definition) is 1. The molecule has 1 amide bonds. The average molecular weight is 395 g/mol. The van der Waals surface area contributed by atoms with Crippen LogP contribution in [0.2, 0.25) is 0 Å². The minimum atomic E-state index is -0.892. The molecular formula is C23H25NO5. The number of carbonyl (C=O) groups is 2. The van der Waals surface area contributed by atoms with Gasteiger partial charge in [-0.15, -0.1) is 0 Å². The second-order valence-corrected chi connectivity index (χ2v) is 7.74. The number of aromatic carboxylic acids is 1. The smallest absolute Gasteiger partial charge is 0.335 e. The molecule has 0 radical (unpaired) electrons. The van der Waals surface area contributed by atoms with Gasteiger partial charge >= 0.3 is 5.97 Å². The molecule has 2 aliphatic heterocycles. The van der Waals surface area contributed by atoms with Crippen LogP contribution in [-0.2, 0) is 11.2 Å². The molecule has 1 saturated heterocycles. The number of hydrogen-bond acceptors (Lipinski definition) is 4. The second kappa shape index (κ2) is 8.15. The van der Waals surface area contributed by atoms with Crippen molar-refractivity contribution in [2.24, 2.45) is 5.92 Å². The van der Waals surface area contributed by atoms with Gasteiger partial charge in [0.2, 0.25) is 6.10 Å². The van der Waals surface area contributed by atoms with E-state index in [1.807, 2.05) is 48.2 Å². The Bertz CT molecular complexity index is 904. The van der Waals surface area contributed by atoms with Crippen molar-refractivity contribution in [2.75, 3.05) is 13.1 Å². The molecule has 0 aromatic heterocycles. The predicted octanol–water partition coefficient (Wildman–Crippen LogP) is 3.39. The maximum Gasteiger partial charge on any atom is 0.335 e. The van der Waals surface area contributed by atoms with Crippen LogP contribution in [0, 0.1) is 5.92 Å². The van der Waals surface area contributed by atoms with Crippen molar-refractivity contribution in [3.05, 3.63) is 59.7 Å². The first-order valence-electron chi connectivity index (χ1n) is 10.0. The van der Waals surface area contributed by atoms with Gasteiger partial charge in [-0.05, 0) is 55.9 Å². The lowest BCUT2D eigenvalue weighted by Crippen LogP contribution is -2.52. The third kappa shape index (κ3) is 4.06. The number of benzene rings is 2. The zero-order valence-electron chi connectivity index (χ0n) is 16.4. The van der Waals surface area contributed by atoms with E-state index >= 15 is 0 Å². The predicted molar refractivity (Wildman–Crippen MR) is 107 cm³/mol. The highest BCUT2D eigenvalue weighted by Gasteiger charge is 2.37. The molecule has 0 saturated carbocycles. The lowest BCUT2D eigenvalue weighted by molar-refractivity contribution is -0.145. The quantitative estimate of drug-likeness (QED) is 0.859. The molecule has 0 aliphatic carbocycles. The third-order valence-electron chi connectivity index (χ3n) is 5.77. The van der Waals surface area contributed by atoms with Crippen LogP contribution in [-0.4, -0.2) is 47.2 Å². The van der Waals surface area contributed by atoms with Gasteiger partial charge in [-0.1, -0.05) is 30.3 Å². The van der Waals surface area contributed by atoms with E-state index in [0.29, 0.717) is 36.1 Å². The fourth-order valence-electron chi connectivity index (χ4n) is 4.15. The summed E-state index contributed by atoms with van der Waals surface area (Å²) in [5.41, 5.74) is 1.23. The number of piperidine rings is 1. The Kier molecular flexibility index (Phi) is 5.43. The first-order valence-corrected chi connectivity index (χ1v) is 10.0. The third-order valence-corrected chi connectivity index (χ3v) is 5.77. The topological polar surface area (TPSA) is 76.1 Å². The summed E-state index contributed by atoms with van der Waals surface area (Å²) < 4.78 is 11.8. The maximum atomic E-state index is 13.0. The Labute approximate surface area is 170 Å². The molecule has 6 nitrogen and oxygen atoms in total. The summed E-state index contributed by atoms with van der Waals surface area (Å²) in [4.78, 5) is 26.3. The van der Waals surface area contributed by atoms with Gasteiger partial charge in [0.25, 0.3) is 5.91 Å². The molecule has 6 heteroatoms. The summed E-state index contributed by atoms with van der Waals surface area (Å²) in [6.07, 6.45) is 1.42. The number of para-hydroxylation sites is 2. The number of nitrogens with zero attached hydrogens (tertiary/aromatic N) is 1. The number of carboxylic acids is 1. The van der Waals surface area contributed by atoms with Gasteiger partial charge in [-0.2, -0.15) is 0 Å². The number of fused-ring (bicyclic) bond motifs is 1. The highest BCUT2D eigenvalue weighted by molar-refractivity contribution is 5.89. The van der Waals surface area contributed by atoms with Gasteiger partial charge in [0.1, 0.15) is 6.10 Å². The van der Waals surface area contributed by atoms with Crippen LogP contribution in [0.5, 0.6) is 11.5 Å². The molecule has 4 rings (SSSR count). The zero-order valence-corrected chi connectivity index (χ0v) is 16.4. The van der Waals surface area contributed by atoms with E-state index in [-0.39, 0.29) is 12.0 Å². The lowest BCUT2D eigenvalue weighted by atomic mass is 9.88. The van der Waals surface area contributed by atoms with E-state index in [9.17, 15) is 14.7 Å². The van der Waals surface area contributed by atoms with Gasteiger partial charge in [0, 0.05) is 13.1 Å². The van der Waals surface area contributed by atoms with Gasteiger partial charge in [-0.3, -0.25) is 4.79 Å². The van der Waals surface area contributed by atoms with Crippen LogP contribution in [0.25, 0.3) is 0 Å². The number of carbonyl (C=O) groups excluding carboxylic acids is 1. The molecule has 2 aliphatic rings. The first kappa shape index (κ1) is 19.3. The molecule has 2 aromatic carbocycles. The molecule has 0 bridgehead atoms. The van der Waals surface area contributed by atoms with Crippen molar-refractivity contribution in [1.29, 1.82) is 0 Å². The number of carboxylic acid groups (broad SMARTS) is 1. The summed E-state index contributed by atoms with van der Waals surface area (Å²) in [5, 5.41) is 9.37. The Balaban J connectivity index is 1.36. The van der Waals surface area contributed by atoms with Crippen molar-refractivity contribution in [1.82, 2.24) is 4.90 Å². The number of rotatable bonds is 4. The molecule has 2 atom stereocenters. The maximum absolute atomic E-state index is 13.0. The van der Waals surface area contributed by atoms with Crippen LogP contribution >= 0.6 is 0 Å². The second-order valence-electron chi connectivity index (χ2n) is 7.74. The van der Waals surface area contributed by atoms with Crippen LogP contribution < -0.4 is 9.47 Å². The highest BCUT2D eigenvalue weighted by atomic mass is 16.6. The van der Waals surface area contributed by atoms with E-state index in [0.717, 1.165) is 24.8 Å². The largest absolute Gasteiger partial charge is 0.482 e. The summed E-state index contributed by atoms with van der Waals surface area (Å²) in [5.74, 6) is 0.693. The van der Waals surface area contributed by atoms with E-state index in [2.05, 4.69) is 0 Å². The van der Waals surface area contributed by atoms with Gasteiger partial charge in [-0.25, -0.2) is 4.79 Å². The van der Waals surface area contributed by atoms with Crippen molar-refractivity contribution in [3.8, 4) is 11.5 Å². The molecule has 29 heavy (non-hydrogen) atoms. The molecular weight excluding hydrogens is 370 g/mol. The van der Waals surface area contributed by atoms with E-state index in [1.54, 1.807) is 12.1 Å². The van der Waals surface area contributed by atoms with Crippen LogP contribution in [0.4, 0.5) is 0 Å². The van der Waals surface area contributed by atoms with Crippen molar-refractivity contribution in [2.45, 2.75) is 38.4 Å². The van der Waals surface area contributed by atoms with E-state index in [4.69, 9.17) is 9.47 Å². The standard InChI is InChI=1S/C23H25NO5/c1-15-21(29-20-9-5-4-8-19(20)28-15)22(25)24-12-10-16(11-13-24)14-17-6-2-3-7-18(17)23(26)27/h2-9,15-16,21H,10-14H2,1H3,(H,26,27). The highest BCUT2D eigenvalue weighted by Crippen LogP contribution is 2.34. The zero-order chi connectivity index (χ0) is 20.4. The fourth-order valence-corrected chi connectivity index (χ4v) is 4.15. The monoisotopic (exact) mass is 395 g/mol. The van der Waals surface area contributed by atoms with Crippen molar-refractivity contribution >= 4 is 11.9 Å². The number of ether oxygens (including phenoxy) is 2.